The Labute approximate surface area is 103 Å². The zero-order valence-corrected chi connectivity index (χ0v) is 10.4. The highest BCUT2D eigenvalue weighted by Crippen LogP contribution is 2.32. The number of nitrogens with one attached hydrogen (secondary N) is 1. The Kier molecular flexibility index (Phi) is 4.40. The molecule has 0 radical (unpaired) electrons. The van der Waals surface area contributed by atoms with Crippen LogP contribution in [0.1, 0.15) is 37.0 Å². The SMILES string of the molecule is CCCNCC(O)c1cccc2c1OCCC2. The summed E-state index contributed by atoms with van der Waals surface area (Å²) in [5.74, 6) is 0.907. The average molecular weight is 235 g/mol. The number of hydrogen-bond donors (Lipinski definition) is 2. The van der Waals surface area contributed by atoms with Gasteiger partial charge >= 0.3 is 0 Å². The van der Waals surface area contributed by atoms with Crippen molar-refractivity contribution in [2.45, 2.75) is 32.3 Å². The Balaban J connectivity index is 2.09. The molecule has 0 spiro atoms. The van der Waals surface area contributed by atoms with Crippen molar-refractivity contribution in [1.29, 1.82) is 0 Å². The van der Waals surface area contributed by atoms with Crippen LogP contribution < -0.4 is 10.1 Å². The van der Waals surface area contributed by atoms with Crippen LogP contribution in [-0.4, -0.2) is 24.8 Å². The van der Waals surface area contributed by atoms with Crippen LogP contribution in [0.25, 0.3) is 0 Å². The number of para-hydroxylation sites is 1. The third-order valence-corrected chi connectivity index (χ3v) is 3.09. The lowest BCUT2D eigenvalue weighted by Gasteiger charge is -2.22. The maximum atomic E-state index is 10.2. The summed E-state index contributed by atoms with van der Waals surface area (Å²) in [5, 5.41) is 13.4. The van der Waals surface area contributed by atoms with Crippen LogP contribution in [0.5, 0.6) is 5.75 Å². The predicted octanol–water partition coefficient (Wildman–Crippen LogP) is 2.04. The highest BCUT2D eigenvalue weighted by atomic mass is 16.5. The average Bonchev–Trinajstić information content (AvgIpc) is 2.38. The van der Waals surface area contributed by atoms with Gasteiger partial charge in [0.25, 0.3) is 0 Å². The number of fused-ring (bicyclic) bond motifs is 1. The molecule has 0 saturated heterocycles. The molecule has 1 unspecified atom stereocenters. The van der Waals surface area contributed by atoms with Gasteiger partial charge in [-0.1, -0.05) is 25.1 Å². The lowest BCUT2D eigenvalue weighted by atomic mass is 9.99. The Morgan fingerprint density at radius 2 is 2.35 bits per heavy atom. The van der Waals surface area contributed by atoms with Crippen LogP contribution in [0.15, 0.2) is 18.2 Å². The summed E-state index contributed by atoms with van der Waals surface area (Å²) in [4.78, 5) is 0. The van der Waals surface area contributed by atoms with Gasteiger partial charge in [0.15, 0.2) is 0 Å². The minimum absolute atomic E-state index is 0.477. The fourth-order valence-corrected chi connectivity index (χ4v) is 2.20. The van der Waals surface area contributed by atoms with Gasteiger partial charge in [-0.05, 0) is 31.4 Å². The molecule has 3 nitrogen and oxygen atoms in total. The van der Waals surface area contributed by atoms with Gasteiger partial charge in [-0.2, -0.15) is 0 Å². The van der Waals surface area contributed by atoms with Gasteiger partial charge in [-0.15, -0.1) is 0 Å². The van der Waals surface area contributed by atoms with Crippen molar-refractivity contribution >= 4 is 0 Å². The molecule has 1 aliphatic heterocycles. The van der Waals surface area contributed by atoms with Gasteiger partial charge in [-0.3, -0.25) is 0 Å². The highest BCUT2D eigenvalue weighted by Gasteiger charge is 2.18. The minimum Gasteiger partial charge on any atom is -0.493 e. The second-order valence-corrected chi connectivity index (χ2v) is 4.51. The number of rotatable bonds is 5. The molecular formula is C14H21NO2. The number of aliphatic hydroxyl groups is 1. The largest absolute Gasteiger partial charge is 0.493 e. The van der Waals surface area contributed by atoms with E-state index in [-0.39, 0.29) is 0 Å². The molecule has 0 amide bonds. The number of aryl methyl sites for hydroxylation is 1. The van der Waals surface area contributed by atoms with Gasteiger partial charge < -0.3 is 15.2 Å². The molecule has 94 valence electrons. The Morgan fingerprint density at radius 3 is 3.18 bits per heavy atom. The molecule has 1 aromatic carbocycles. The van der Waals surface area contributed by atoms with Crippen molar-refractivity contribution in [1.82, 2.24) is 5.32 Å². The summed E-state index contributed by atoms with van der Waals surface area (Å²) in [7, 11) is 0. The van der Waals surface area contributed by atoms with E-state index in [1.807, 2.05) is 12.1 Å². The first-order valence-electron chi connectivity index (χ1n) is 6.46. The third-order valence-electron chi connectivity index (χ3n) is 3.09. The van der Waals surface area contributed by atoms with Crippen molar-refractivity contribution in [3.8, 4) is 5.75 Å². The van der Waals surface area contributed by atoms with Crippen LogP contribution in [-0.2, 0) is 6.42 Å². The summed E-state index contributed by atoms with van der Waals surface area (Å²) < 4.78 is 5.69. The molecule has 0 saturated carbocycles. The first kappa shape index (κ1) is 12.4. The van der Waals surface area contributed by atoms with Crippen molar-refractivity contribution in [2.75, 3.05) is 19.7 Å². The van der Waals surface area contributed by atoms with Crippen LogP contribution >= 0.6 is 0 Å². The maximum absolute atomic E-state index is 10.2. The van der Waals surface area contributed by atoms with Gasteiger partial charge in [0.2, 0.25) is 0 Å². The van der Waals surface area contributed by atoms with E-state index in [4.69, 9.17) is 4.74 Å². The summed E-state index contributed by atoms with van der Waals surface area (Å²) in [6.07, 6.45) is 2.73. The quantitative estimate of drug-likeness (QED) is 0.767. The zero-order valence-electron chi connectivity index (χ0n) is 10.4. The molecule has 0 aromatic heterocycles. The summed E-state index contributed by atoms with van der Waals surface area (Å²) in [6.45, 7) is 4.41. The Bertz CT molecular complexity index is 365. The molecule has 1 heterocycles. The third kappa shape index (κ3) is 2.99. The van der Waals surface area contributed by atoms with Gasteiger partial charge in [0, 0.05) is 12.1 Å². The van der Waals surface area contributed by atoms with Gasteiger partial charge in [0.1, 0.15) is 5.75 Å². The number of benzene rings is 1. The maximum Gasteiger partial charge on any atom is 0.128 e. The molecule has 2 N–H and O–H groups in total. The summed E-state index contributed by atoms with van der Waals surface area (Å²) in [5.41, 5.74) is 2.15. The Hall–Kier alpha value is -1.06. The molecule has 1 aliphatic rings. The molecule has 3 heteroatoms. The fraction of sp³-hybridized carbons (Fsp3) is 0.571. The van der Waals surface area contributed by atoms with Gasteiger partial charge in [-0.25, -0.2) is 0 Å². The molecule has 0 bridgehead atoms. The molecule has 0 fully saturated rings. The van der Waals surface area contributed by atoms with Gasteiger partial charge in [0.05, 0.1) is 12.7 Å². The monoisotopic (exact) mass is 235 g/mol. The van der Waals surface area contributed by atoms with Crippen molar-refractivity contribution in [2.24, 2.45) is 0 Å². The standard InChI is InChI=1S/C14H21NO2/c1-2-8-15-10-13(16)12-7-3-5-11-6-4-9-17-14(11)12/h3,5,7,13,15-16H,2,4,6,8-10H2,1H3. The summed E-state index contributed by atoms with van der Waals surface area (Å²) in [6, 6.07) is 6.05. The Morgan fingerprint density at radius 1 is 1.47 bits per heavy atom. The van der Waals surface area contributed by atoms with Crippen molar-refractivity contribution < 1.29 is 9.84 Å². The smallest absolute Gasteiger partial charge is 0.128 e. The summed E-state index contributed by atoms with van der Waals surface area (Å²) >= 11 is 0. The highest BCUT2D eigenvalue weighted by molar-refractivity contribution is 5.44. The number of ether oxygens (including phenoxy) is 1. The van der Waals surface area contributed by atoms with E-state index in [9.17, 15) is 5.11 Å². The number of hydrogen-bond acceptors (Lipinski definition) is 3. The van der Waals surface area contributed by atoms with Crippen LogP contribution in [0, 0.1) is 0 Å². The molecule has 2 rings (SSSR count). The zero-order chi connectivity index (χ0) is 12.1. The second-order valence-electron chi connectivity index (χ2n) is 4.51. The molecule has 17 heavy (non-hydrogen) atoms. The lowest BCUT2D eigenvalue weighted by molar-refractivity contribution is 0.166. The van der Waals surface area contributed by atoms with Crippen LogP contribution in [0.3, 0.4) is 0 Å². The second kappa shape index (κ2) is 6.03. The van der Waals surface area contributed by atoms with Crippen LogP contribution in [0.4, 0.5) is 0 Å². The molecule has 1 aromatic rings. The minimum atomic E-state index is -0.477. The molecule has 1 atom stereocenters. The first-order chi connectivity index (χ1) is 8.33. The molecule has 0 aliphatic carbocycles. The topological polar surface area (TPSA) is 41.5 Å². The predicted molar refractivity (Wildman–Crippen MR) is 68.4 cm³/mol. The van der Waals surface area contributed by atoms with Crippen molar-refractivity contribution in [3.05, 3.63) is 29.3 Å². The molecular weight excluding hydrogens is 214 g/mol. The van der Waals surface area contributed by atoms with E-state index in [1.54, 1.807) is 0 Å². The normalized spacial score (nSPS) is 16.1. The van der Waals surface area contributed by atoms with E-state index in [1.165, 1.54) is 5.56 Å². The first-order valence-corrected chi connectivity index (χ1v) is 6.46. The van der Waals surface area contributed by atoms with Crippen molar-refractivity contribution in [3.63, 3.8) is 0 Å². The van der Waals surface area contributed by atoms with Crippen LogP contribution in [0.2, 0.25) is 0 Å². The van der Waals surface area contributed by atoms with E-state index < -0.39 is 6.10 Å². The van der Waals surface area contributed by atoms with E-state index >= 15 is 0 Å². The number of aliphatic hydroxyl groups excluding tert-OH is 1. The lowest BCUT2D eigenvalue weighted by Crippen LogP contribution is -2.23. The van der Waals surface area contributed by atoms with E-state index in [0.717, 1.165) is 43.7 Å². The van der Waals surface area contributed by atoms with E-state index in [2.05, 4.69) is 18.3 Å². The fourth-order valence-electron chi connectivity index (χ4n) is 2.20. The van der Waals surface area contributed by atoms with E-state index in [0.29, 0.717) is 6.54 Å².